The lowest BCUT2D eigenvalue weighted by Crippen LogP contribution is -2.53. The molecule has 0 heterocycles. The quantitative estimate of drug-likeness (QED) is 0.327. The normalized spacial score (nSPS) is 14.5. The first kappa shape index (κ1) is 27.7. The van der Waals surface area contributed by atoms with Crippen molar-refractivity contribution in [2.24, 2.45) is 0 Å². The summed E-state index contributed by atoms with van der Waals surface area (Å²) in [4.78, 5) is 29.3. The lowest BCUT2D eigenvalue weighted by molar-refractivity contribution is -0.143. The van der Waals surface area contributed by atoms with Gasteiger partial charge in [-0.1, -0.05) is 91.0 Å². The minimum absolute atomic E-state index is 0.123. The number of hydrogen-bond acceptors (Lipinski definition) is 3. The molecule has 0 saturated heterocycles. The van der Waals surface area contributed by atoms with Crippen LogP contribution in [0.3, 0.4) is 0 Å². The molecule has 1 saturated carbocycles. The predicted octanol–water partition coefficient (Wildman–Crippen LogP) is 6.42. The molecular formula is C32H37ClN2O3. The van der Waals surface area contributed by atoms with Gasteiger partial charge in [0, 0.05) is 24.0 Å². The number of carbonyl (C=O) groups is 2. The summed E-state index contributed by atoms with van der Waals surface area (Å²) in [5.74, 6) is 0.297. The average molecular weight is 533 g/mol. The van der Waals surface area contributed by atoms with Gasteiger partial charge >= 0.3 is 0 Å². The number of carbonyl (C=O) groups excluding carboxylic acids is 2. The summed E-state index contributed by atoms with van der Waals surface area (Å²) < 4.78 is 5.98. The van der Waals surface area contributed by atoms with Crippen molar-refractivity contribution in [3.05, 3.63) is 100 Å². The predicted molar refractivity (Wildman–Crippen MR) is 152 cm³/mol. The standard InChI is InChI=1S/C32H37ClN2O3/c1-23-16-17-30(24(2)18-23)38-22-31(36)35(21-26-12-9-13-27(33)19-26)29(20-25-10-5-3-6-11-25)32(37)34-28-14-7-4-8-15-28/h3,5-6,9-13,16-19,28-29H,4,7-8,14-15,20-22H2,1-2H3,(H,34,37)/t29-/m1/s1. The number of aryl methyl sites for hydroxylation is 2. The largest absolute Gasteiger partial charge is 0.483 e. The van der Waals surface area contributed by atoms with Crippen LogP contribution in [0.2, 0.25) is 5.02 Å². The van der Waals surface area contributed by atoms with E-state index in [1.165, 1.54) is 6.42 Å². The van der Waals surface area contributed by atoms with E-state index < -0.39 is 6.04 Å². The summed E-state index contributed by atoms with van der Waals surface area (Å²) in [6.45, 7) is 4.08. The molecule has 0 unspecified atom stereocenters. The second kappa shape index (κ2) is 13.5. The van der Waals surface area contributed by atoms with E-state index in [1.54, 1.807) is 11.0 Å². The molecule has 3 aromatic rings. The van der Waals surface area contributed by atoms with Gasteiger partial charge in [0.15, 0.2) is 6.61 Å². The SMILES string of the molecule is Cc1ccc(OCC(=O)N(Cc2cccc(Cl)c2)[C@H](Cc2ccccc2)C(=O)NC2CCCCC2)c(C)c1. The highest BCUT2D eigenvalue weighted by molar-refractivity contribution is 6.30. The van der Waals surface area contributed by atoms with Crippen LogP contribution in [-0.4, -0.2) is 35.4 Å². The van der Waals surface area contributed by atoms with Gasteiger partial charge in [-0.2, -0.15) is 0 Å². The molecule has 0 aliphatic heterocycles. The maximum atomic E-state index is 13.8. The molecule has 6 heteroatoms. The van der Waals surface area contributed by atoms with Crippen LogP contribution in [0, 0.1) is 13.8 Å². The number of rotatable bonds is 10. The van der Waals surface area contributed by atoms with Crippen molar-refractivity contribution >= 4 is 23.4 Å². The van der Waals surface area contributed by atoms with Crippen molar-refractivity contribution in [1.82, 2.24) is 10.2 Å². The first-order chi connectivity index (χ1) is 18.4. The van der Waals surface area contributed by atoms with Gasteiger partial charge in [-0.3, -0.25) is 9.59 Å². The molecule has 0 bridgehead atoms. The fraction of sp³-hybridized carbons (Fsp3) is 0.375. The summed E-state index contributed by atoms with van der Waals surface area (Å²) in [6.07, 6.45) is 5.79. The third-order valence-corrected chi connectivity index (χ3v) is 7.38. The number of nitrogens with zero attached hydrogens (tertiary/aromatic N) is 1. The van der Waals surface area contributed by atoms with Gasteiger partial charge in [-0.15, -0.1) is 0 Å². The van der Waals surface area contributed by atoms with E-state index in [-0.39, 0.29) is 31.0 Å². The van der Waals surface area contributed by atoms with Crippen LogP contribution >= 0.6 is 11.6 Å². The van der Waals surface area contributed by atoms with Crippen LogP contribution in [0.1, 0.15) is 54.4 Å². The number of amides is 2. The lowest BCUT2D eigenvalue weighted by Gasteiger charge is -2.33. The second-order valence-electron chi connectivity index (χ2n) is 10.3. The number of benzene rings is 3. The molecule has 0 spiro atoms. The van der Waals surface area contributed by atoms with Crippen LogP contribution in [0.5, 0.6) is 5.75 Å². The van der Waals surface area contributed by atoms with Crippen LogP contribution in [-0.2, 0) is 22.6 Å². The van der Waals surface area contributed by atoms with E-state index in [0.29, 0.717) is 17.2 Å². The highest BCUT2D eigenvalue weighted by Gasteiger charge is 2.32. The third-order valence-electron chi connectivity index (χ3n) is 7.15. The summed E-state index contributed by atoms with van der Waals surface area (Å²) in [5, 5.41) is 3.85. The molecule has 1 aliphatic rings. The van der Waals surface area contributed by atoms with Gasteiger partial charge < -0.3 is 15.0 Å². The van der Waals surface area contributed by atoms with Gasteiger partial charge in [-0.05, 0) is 61.6 Å². The average Bonchev–Trinajstić information content (AvgIpc) is 2.91. The number of halogens is 1. The number of nitrogens with one attached hydrogen (secondary N) is 1. The Morgan fingerprint density at radius 2 is 1.68 bits per heavy atom. The fourth-order valence-corrected chi connectivity index (χ4v) is 5.33. The molecule has 1 aliphatic carbocycles. The summed E-state index contributed by atoms with van der Waals surface area (Å²) >= 11 is 6.27. The van der Waals surface area contributed by atoms with E-state index in [2.05, 4.69) is 5.32 Å². The molecule has 38 heavy (non-hydrogen) atoms. The minimum atomic E-state index is -0.687. The van der Waals surface area contributed by atoms with E-state index in [4.69, 9.17) is 16.3 Å². The Hall–Kier alpha value is -3.31. The van der Waals surface area contributed by atoms with Gasteiger partial charge in [-0.25, -0.2) is 0 Å². The van der Waals surface area contributed by atoms with Gasteiger partial charge in [0.25, 0.3) is 5.91 Å². The van der Waals surface area contributed by atoms with Crippen molar-refractivity contribution in [3.63, 3.8) is 0 Å². The molecule has 3 aromatic carbocycles. The fourth-order valence-electron chi connectivity index (χ4n) is 5.11. The Morgan fingerprint density at radius 1 is 0.947 bits per heavy atom. The zero-order valence-corrected chi connectivity index (χ0v) is 23.0. The molecule has 2 amide bonds. The summed E-state index contributed by atoms with van der Waals surface area (Å²) in [6, 6.07) is 22.6. The highest BCUT2D eigenvalue weighted by atomic mass is 35.5. The van der Waals surface area contributed by atoms with Gasteiger partial charge in [0.2, 0.25) is 5.91 Å². The van der Waals surface area contributed by atoms with E-state index in [1.807, 2.05) is 80.6 Å². The molecule has 0 aromatic heterocycles. The van der Waals surface area contributed by atoms with Crippen molar-refractivity contribution < 1.29 is 14.3 Å². The van der Waals surface area contributed by atoms with E-state index in [0.717, 1.165) is 47.9 Å². The van der Waals surface area contributed by atoms with Crippen molar-refractivity contribution in [2.45, 2.75) is 71.0 Å². The molecule has 0 radical (unpaired) electrons. The van der Waals surface area contributed by atoms with Gasteiger partial charge in [0.1, 0.15) is 11.8 Å². The van der Waals surface area contributed by atoms with Crippen molar-refractivity contribution in [1.29, 1.82) is 0 Å². The smallest absolute Gasteiger partial charge is 0.261 e. The minimum Gasteiger partial charge on any atom is -0.483 e. The maximum absolute atomic E-state index is 13.8. The Labute approximate surface area is 231 Å². The van der Waals surface area contributed by atoms with Crippen LogP contribution < -0.4 is 10.1 Å². The Morgan fingerprint density at radius 3 is 2.39 bits per heavy atom. The Balaban J connectivity index is 1.62. The molecular weight excluding hydrogens is 496 g/mol. The summed E-state index contributed by atoms with van der Waals surface area (Å²) in [7, 11) is 0. The molecule has 5 nitrogen and oxygen atoms in total. The van der Waals surface area contributed by atoms with Crippen LogP contribution in [0.25, 0.3) is 0 Å². The molecule has 1 fully saturated rings. The van der Waals surface area contributed by atoms with Gasteiger partial charge in [0.05, 0.1) is 0 Å². The number of hydrogen-bond donors (Lipinski definition) is 1. The topological polar surface area (TPSA) is 58.6 Å². The monoisotopic (exact) mass is 532 g/mol. The van der Waals surface area contributed by atoms with E-state index >= 15 is 0 Å². The van der Waals surface area contributed by atoms with Crippen molar-refractivity contribution in [2.75, 3.05) is 6.61 Å². The third kappa shape index (κ3) is 7.84. The lowest BCUT2D eigenvalue weighted by atomic mass is 9.94. The first-order valence-electron chi connectivity index (χ1n) is 13.5. The molecule has 1 N–H and O–H groups in total. The Bertz CT molecular complexity index is 1220. The van der Waals surface area contributed by atoms with Crippen LogP contribution in [0.15, 0.2) is 72.8 Å². The maximum Gasteiger partial charge on any atom is 0.261 e. The Kier molecular flexibility index (Phi) is 9.83. The van der Waals surface area contributed by atoms with Crippen molar-refractivity contribution in [3.8, 4) is 5.75 Å². The highest BCUT2D eigenvalue weighted by Crippen LogP contribution is 2.22. The summed E-state index contributed by atoms with van der Waals surface area (Å²) in [5.41, 5.74) is 3.96. The molecule has 4 rings (SSSR count). The molecule has 1 atom stereocenters. The number of ether oxygens (including phenoxy) is 1. The zero-order chi connectivity index (χ0) is 26.9. The molecule has 200 valence electrons. The first-order valence-corrected chi connectivity index (χ1v) is 13.8. The van der Waals surface area contributed by atoms with E-state index in [9.17, 15) is 9.59 Å². The van der Waals surface area contributed by atoms with Crippen LogP contribution in [0.4, 0.5) is 0 Å². The zero-order valence-electron chi connectivity index (χ0n) is 22.3. The second-order valence-corrected chi connectivity index (χ2v) is 10.7.